The van der Waals surface area contributed by atoms with E-state index in [1.807, 2.05) is 24.3 Å². The molecule has 8 nitrogen and oxygen atoms in total. The number of carboxylic acids is 1. The summed E-state index contributed by atoms with van der Waals surface area (Å²) in [6, 6.07) is 14.7. The molecular weight excluding hydrogens is 424 g/mol. The fourth-order valence-corrected chi connectivity index (χ4v) is 4.86. The number of alkyl carbamates (subject to hydrolysis) is 1. The largest absolute Gasteiger partial charge is 0.480 e. The highest BCUT2D eigenvalue weighted by Crippen LogP contribution is 2.44. The highest BCUT2D eigenvalue weighted by atomic mass is 16.5. The first-order chi connectivity index (χ1) is 16.0. The fraction of sp³-hybridized carbons (Fsp3) is 0.400. The van der Waals surface area contributed by atoms with Gasteiger partial charge in [0.05, 0.1) is 12.5 Å². The highest BCUT2D eigenvalue weighted by Gasteiger charge is 2.36. The van der Waals surface area contributed by atoms with Gasteiger partial charge in [0, 0.05) is 19.1 Å². The van der Waals surface area contributed by atoms with Crippen LogP contribution in [0, 0.1) is 5.92 Å². The van der Waals surface area contributed by atoms with Crippen LogP contribution in [-0.4, -0.2) is 55.5 Å². The van der Waals surface area contributed by atoms with Crippen molar-refractivity contribution in [3.63, 3.8) is 0 Å². The Bertz CT molecular complexity index is 994. The second kappa shape index (κ2) is 10.0. The number of carbonyl (C=O) groups excluding carboxylic acids is 2. The van der Waals surface area contributed by atoms with E-state index in [0.29, 0.717) is 12.8 Å². The minimum Gasteiger partial charge on any atom is -0.480 e. The standard InChI is InChI=1S/C25H28N2O6/c1-32-14-22(24(29)30)26-23(28)19-11-6-12-21(19)27-25(31)33-13-20-17-9-4-2-7-15(17)16-8-3-5-10-18(16)20/h2-5,7-10,19-22H,6,11-14H2,1H3,(H,26,28)(H,27,31)(H,29,30)/t19-,21+,22+/m1/s1. The molecule has 4 rings (SSSR count). The van der Waals surface area contributed by atoms with Gasteiger partial charge < -0.3 is 25.2 Å². The molecule has 0 unspecified atom stereocenters. The van der Waals surface area contributed by atoms with Crippen LogP contribution >= 0.6 is 0 Å². The molecule has 33 heavy (non-hydrogen) atoms. The first kappa shape index (κ1) is 22.8. The number of hydrogen-bond donors (Lipinski definition) is 3. The predicted octanol–water partition coefficient (Wildman–Crippen LogP) is 2.91. The van der Waals surface area contributed by atoms with Crippen LogP contribution in [0.2, 0.25) is 0 Å². The molecule has 2 aromatic carbocycles. The Hall–Kier alpha value is -3.39. The van der Waals surface area contributed by atoms with Gasteiger partial charge in [-0.15, -0.1) is 0 Å². The van der Waals surface area contributed by atoms with Crippen molar-refractivity contribution in [1.29, 1.82) is 0 Å². The van der Waals surface area contributed by atoms with Crippen LogP contribution < -0.4 is 10.6 Å². The zero-order valence-corrected chi connectivity index (χ0v) is 18.5. The summed E-state index contributed by atoms with van der Waals surface area (Å²) in [5, 5.41) is 14.6. The lowest BCUT2D eigenvalue weighted by atomic mass is 9.98. The molecule has 0 bridgehead atoms. The van der Waals surface area contributed by atoms with Crippen molar-refractivity contribution in [3.05, 3.63) is 59.7 Å². The molecule has 0 spiro atoms. The molecule has 8 heteroatoms. The molecule has 1 saturated carbocycles. The van der Waals surface area contributed by atoms with E-state index in [9.17, 15) is 19.5 Å². The second-order valence-electron chi connectivity index (χ2n) is 8.47. The van der Waals surface area contributed by atoms with Crippen molar-refractivity contribution in [2.24, 2.45) is 5.92 Å². The Morgan fingerprint density at radius 2 is 1.67 bits per heavy atom. The maximum absolute atomic E-state index is 12.6. The van der Waals surface area contributed by atoms with Gasteiger partial charge in [0.15, 0.2) is 6.04 Å². The summed E-state index contributed by atoms with van der Waals surface area (Å²) < 4.78 is 10.5. The number of amides is 2. The average Bonchev–Trinajstić information content (AvgIpc) is 3.40. The number of nitrogens with one attached hydrogen (secondary N) is 2. The molecule has 2 aromatic rings. The minimum absolute atomic E-state index is 0.0452. The molecule has 3 N–H and O–H groups in total. The fourth-order valence-electron chi connectivity index (χ4n) is 4.86. The maximum Gasteiger partial charge on any atom is 0.407 e. The van der Waals surface area contributed by atoms with Crippen molar-refractivity contribution >= 4 is 18.0 Å². The van der Waals surface area contributed by atoms with Crippen LogP contribution in [-0.2, 0) is 19.1 Å². The van der Waals surface area contributed by atoms with Crippen LogP contribution in [0.1, 0.15) is 36.3 Å². The molecule has 0 heterocycles. The highest BCUT2D eigenvalue weighted by molar-refractivity contribution is 5.86. The van der Waals surface area contributed by atoms with Gasteiger partial charge in [-0.05, 0) is 35.1 Å². The topological polar surface area (TPSA) is 114 Å². The molecular formula is C25H28N2O6. The molecule has 174 valence electrons. The third-order valence-corrected chi connectivity index (χ3v) is 6.45. The van der Waals surface area contributed by atoms with E-state index in [2.05, 4.69) is 34.9 Å². The van der Waals surface area contributed by atoms with Gasteiger partial charge in [0.2, 0.25) is 5.91 Å². The number of benzene rings is 2. The van der Waals surface area contributed by atoms with Crippen molar-refractivity contribution in [1.82, 2.24) is 10.6 Å². The number of carboxylic acid groups (broad SMARTS) is 1. The van der Waals surface area contributed by atoms with Gasteiger partial charge in [-0.25, -0.2) is 9.59 Å². The summed E-state index contributed by atoms with van der Waals surface area (Å²) in [5.41, 5.74) is 4.56. The molecule has 0 aliphatic heterocycles. The maximum atomic E-state index is 12.6. The number of ether oxygens (including phenoxy) is 2. The smallest absolute Gasteiger partial charge is 0.407 e. The monoisotopic (exact) mass is 452 g/mol. The summed E-state index contributed by atoms with van der Waals surface area (Å²) in [6.07, 6.45) is 1.38. The molecule has 3 atom stereocenters. The Labute approximate surface area is 192 Å². The normalized spacial score (nSPS) is 19.9. The lowest BCUT2D eigenvalue weighted by molar-refractivity contribution is -0.144. The lowest BCUT2D eigenvalue weighted by Gasteiger charge is -2.23. The Balaban J connectivity index is 1.36. The van der Waals surface area contributed by atoms with E-state index in [1.54, 1.807) is 0 Å². The van der Waals surface area contributed by atoms with E-state index in [1.165, 1.54) is 7.11 Å². The number of fused-ring (bicyclic) bond motifs is 3. The van der Waals surface area contributed by atoms with Gasteiger partial charge >= 0.3 is 12.1 Å². The van der Waals surface area contributed by atoms with E-state index in [0.717, 1.165) is 28.7 Å². The van der Waals surface area contributed by atoms with E-state index >= 15 is 0 Å². The summed E-state index contributed by atoms with van der Waals surface area (Å²) in [5.74, 6) is -2.12. The zero-order chi connectivity index (χ0) is 23.4. The van der Waals surface area contributed by atoms with E-state index in [-0.39, 0.29) is 19.1 Å². The minimum atomic E-state index is -1.16. The predicted molar refractivity (Wildman–Crippen MR) is 121 cm³/mol. The number of rotatable bonds is 8. The Kier molecular flexibility index (Phi) is 6.93. The van der Waals surface area contributed by atoms with Gasteiger partial charge in [-0.2, -0.15) is 0 Å². The second-order valence-corrected chi connectivity index (χ2v) is 8.47. The Morgan fingerprint density at radius 3 is 2.27 bits per heavy atom. The summed E-state index contributed by atoms with van der Waals surface area (Å²) in [4.78, 5) is 36.5. The number of aliphatic carboxylic acids is 1. The molecule has 1 fully saturated rings. The molecule has 0 saturated heterocycles. The van der Waals surface area contributed by atoms with Crippen LogP contribution in [0.5, 0.6) is 0 Å². The average molecular weight is 453 g/mol. The summed E-state index contributed by atoms with van der Waals surface area (Å²) >= 11 is 0. The third-order valence-electron chi connectivity index (χ3n) is 6.45. The molecule has 0 aromatic heterocycles. The summed E-state index contributed by atoms with van der Waals surface area (Å²) in [6.45, 7) is 0.0661. The van der Waals surface area contributed by atoms with Crippen molar-refractivity contribution in [2.75, 3.05) is 20.3 Å². The lowest BCUT2D eigenvalue weighted by Crippen LogP contribution is -2.50. The van der Waals surface area contributed by atoms with E-state index in [4.69, 9.17) is 9.47 Å². The van der Waals surface area contributed by atoms with Gasteiger partial charge in [-0.1, -0.05) is 55.0 Å². The number of hydrogen-bond acceptors (Lipinski definition) is 5. The third kappa shape index (κ3) is 4.85. The number of carbonyl (C=O) groups is 3. The molecule has 2 amide bonds. The van der Waals surface area contributed by atoms with Crippen LogP contribution in [0.4, 0.5) is 4.79 Å². The molecule has 2 aliphatic carbocycles. The quantitative estimate of drug-likeness (QED) is 0.568. The van der Waals surface area contributed by atoms with Gasteiger partial charge in [0.25, 0.3) is 0 Å². The van der Waals surface area contributed by atoms with Gasteiger partial charge in [-0.3, -0.25) is 4.79 Å². The van der Waals surface area contributed by atoms with Crippen molar-refractivity contribution < 1.29 is 29.0 Å². The molecule has 2 aliphatic rings. The van der Waals surface area contributed by atoms with E-state index < -0.39 is 36.0 Å². The first-order valence-corrected chi connectivity index (χ1v) is 11.1. The molecule has 0 radical (unpaired) electrons. The van der Waals surface area contributed by atoms with Gasteiger partial charge in [0.1, 0.15) is 6.61 Å². The van der Waals surface area contributed by atoms with Crippen LogP contribution in [0.3, 0.4) is 0 Å². The first-order valence-electron chi connectivity index (χ1n) is 11.1. The Morgan fingerprint density at radius 1 is 1.03 bits per heavy atom. The van der Waals surface area contributed by atoms with Crippen molar-refractivity contribution in [2.45, 2.75) is 37.3 Å². The SMILES string of the molecule is COC[C@H](NC(=O)[C@@H]1CCC[C@@H]1NC(=O)OCC1c2ccccc2-c2ccccc21)C(=O)O. The van der Waals surface area contributed by atoms with Crippen LogP contribution in [0.25, 0.3) is 11.1 Å². The number of methoxy groups -OCH3 is 1. The summed E-state index contributed by atoms with van der Waals surface area (Å²) in [7, 11) is 1.37. The van der Waals surface area contributed by atoms with Crippen LogP contribution in [0.15, 0.2) is 48.5 Å². The van der Waals surface area contributed by atoms with Crippen molar-refractivity contribution in [3.8, 4) is 11.1 Å². The zero-order valence-electron chi connectivity index (χ0n) is 18.5.